The molecule has 2 heteroatoms. The molecule has 0 N–H and O–H groups in total. The molecule has 3 aromatic rings. The molecular formula is C25H21ClO. The number of ether oxygens (including phenoxy) is 1. The number of hydrogen-bond acceptors (Lipinski definition) is 1. The molecule has 1 aliphatic carbocycles. The third-order valence-corrected chi connectivity index (χ3v) is 5.14. The van der Waals surface area contributed by atoms with Crippen molar-refractivity contribution >= 4 is 28.8 Å². The third kappa shape index (κ3) is 3.43. The van der Waals surface area contributed by atoms with E-state index in [1.54, 1.807) is 7.11 Å². The Labute approximate surface area is 165 Å². The van der Waals surface area contributed by atoms with Crippen LogP contribution in [-0.2, 0) is 0 Å². The quantitative estimate of drug-likeness (QED) is 0.454. The molecule has 1 nitrogen and oxygen atoms in total. The maximum Gasteiger partial charge on any atom is 0.118 e. The lowest BCUT2D eigenvalue weighted by atomic mass is 9.96. The summed E-state index contributed by atoms with van der Waals surface area (Å²) in [6.45, 7) is 0. The molecule has 0 aromatic heterocycles. The van der Waals surface area contributed by atoms with Gasteiger partial charge in [0.1, 0.15) is 5.75 Å². The smallest absolute Gasteiger partial charge is 0.118 e. The van der Waals surface area contributed by atoms with Crippen molar-refractivity contribution in [2.75, 3.05) is 13.0 Å². The lowest BCUT2D eigenvalue weighted by Gasteiger charge is -2.09. The average molecular weight is 373 g/mol. The molecule has 4 rings (SSSR count). The highest BCUT2D eigenvalue weighted by molar-refractivity contribution is 6.19. The molecule has 0 saturated carbocycles. The van der Waals surface area contributed by atoms with E-state index in [2.05, 4.69) is 72.8 Å². The van der Waals surface area contributed by atoms with Crippen LogP contribution in [0.15, 0.2) is 84.4 Å². The first-order valence-corrected chi connectivity index (χ1v) is 9.65. The van der Waals surface area contributed by atoms with Crippen molar-refractivity contribution in [1.29, 1.82) is 0 Å². The van der Waals surface area contributed by atoms with E-state index in [-0.39, 0.29) is 0 Å². The Morgan fingerprint density at radius 3 is 2.15 bits per heavy atom. The van der Waals surface area contributed by atoms with Gasteiger partial charge < -0.3 is 4.74 Å². The summed E-state index contributed by atoms with van der Waals surface area (Å²) in [5, 5.41) is 0. The van der Waals surface area contributed by atoms with E-state index in [1.807, 2.05) is 12.1 Å². The normalized spacial score (nSPS) is 14.5. The molecule has 1 aliphatic rings. The SMILES string of the molecule is COc1ccc(/C=C2/C(CCCl)=C(c3ccccc3)c3ccccc32)cc1. The second kappa shape index (κ2) is 7.85. The van der Waals surface area contributed by atoms with Crippen LogP contribution < -0.4 is 4.74 Å². The Morgan fingerprint density at radius 1 is 0.815 bits per heavy atom. The molecule has 0 radical (unpaired) electrons. The van der Waals surface area contributed by atoms with Crippen molar-refractivity contribution in [2.24, 2.45) is 0 Å². The number of hydrogen-bond donors (Lipinski definition) is 0. The fraction of sp³-hybridized carbons (Fsp3) is 0.120. The van der Waals surface area contributed by atoms with Gasteiger partial charge in [0.05, 0.1) is 7.11 Å². The highest BCUT2D eigenvalue weighted by atomic mass is 35.5. The summed E-state index contributed by atoms with van der Waals surface area (Å²) in [5.74, 6) is 1.46. The van der Waals surface area contributed by atoms with Crippen LogP contribution in [-0.4, -0.2) is 13.0 Å². The molecule has 0 spiro atoms. The molecule has 0 heterocycles. The minimum Gasteiger partial charge on any atom is -0.497 e. The predicted molar refractivity (Wildman–Crippen MR) is 115 cm³/mol. The predicted octanol–water partition coefficient (Wildman–Crippen LogP) is 6.68. The third-order valence-electron chi connectivity index (χ3n) is 4.95. The van der Waals surface area contributed by atoms with Crippen LogP contribution >= 0.6 is 11.6 Å². The Balaban J connectivity index is 1.91. The molecule has 27 heavy (non-hydrogen) atoms. The molecule has 0 aliphatic heterocycles. The molecule has 3 aromatic carbocycles. The van der Waals surface area contributed by atoms with Gasteiger partial charge in [-0.05, 0) is 63.6 Å². The van der Waals surface area contributed by atoms with Gasteiger partial charge in [0.2, 0.25) is 0 Å². The summed E-state index contributed by atoms with van der Waals surface area (Å²) in [4.78, 5) is 0. The molecule has 0 atom stereocenters. The van der Waals surface area contributed by atoms with Gasteiger partial charge in [0.15, 0.2) is 0 Å². The van der Waals surface area contributed by atoms with E-state index >= 15 is 0 Å². The first-order chi connectivity index (χ1) is 13.3. The van der Waals surface area contributed by atoms with Crippen molar-refractivity contribution in [1.82, 2.24) is 0 Å². The zero-order valence-electron chi connectivity index (χ0n) is 15.3. The summed E-state index contributed by atoms with van der Waals surface area (Å²) in [7, 11) is 1.69. The minimum absolute atomic E-state index is 0.597. The van der Waals surface area contributed by atoms with Crippen molar-refractivity contribution in [3.63, 3.8) is 0 Å². The van der Waals surface area contributed by atoms with Crippen LogP contribution in [0, 0.1) is 0 Å². The van der Waals surface area contributed by atoms with E-state index in [0.717, 1.165) is 17.7 Å². The van der Waals surface area contributed by atoms with E-state index in [0.29, 0.717) is 5.88 Å². The van der Waals surface area contributed by atoms with Gasteiger partial charge in [0.25, 0.3) is 0 Å². The standard InChI is InChI=1S/C25H21ClO/c1-27-20-13-11-18(12-14-20)17-24-21-9-5-6-10-22(21)25(23(24)15-16-26)19-7-3-2-4-8-19/h2-14,17H,15-16H2,1H3/b24-17+. The first-order valence-electron chi connectivity index (χ1n) is 9.12. The number of benzene rings is 3. The monoisotopic (exact) mass is 372 g/mol. The van der Waals surface area contributed by atoms with Crippen LogP contribution in [0.4, 0.5) is 0 Å². The van der Waals surface area contributed by atoms with Gasteiger partial charge >= 0.3 is 0 Å². The maximum atomic E-state index is 6.21. The van der Waals surface area contributed by atoms with E-state index in [4.69, 9.17) is 16.3 Å². The molecular weight excluding hydrogens is 352 g/mol. The Bertz CT molecular complexity index is 998. The van der Waals surface area contributed by atoms with Crippen molar-refractivity contribution < 1.29 is 4.74 Å². The molecule has 134 valence electrons. The molecule has 0 fully saturated rings. The fourth-order valence-corrected chi connectivity index (χ4v) is 3.91. The van der Waals surface area contributed by atoms with Gasteiger partial charge in [-0.1, -0.05) is 66.7 Å². The number of allylic oxidation sites excluding steroid dienone is 2. The zero-order chi connectivity index (χ0) is 18.6. The Kier molecular flexibility index (Phi) is 5.13. The number of fused-ring (bicyclic) bond motifs is 1. The second-order valence-electron chi connectivity index (χ2n) is 6.54. The molecule has 0 bridgehead atoms. The summed E-state index contributed by atoms with van der Waals surface area (Å²) in [5.41, 5.74) is 8.82. The minimum atomic E-state index is 0.597. The van der Waals surface area contributed by atoms with Crippen molar-refractivity contribution in [3.05, 3.63) is 107 Å². The van der Waals surface area contributed by atoms with Gasteiger partial charge in [0, 0.05) is 5.88 Å². The zero-order valence-corrected chi connectivity index (χ0v) is 16.0. The van der Waals surface area contributed by atoms with Crippen LogP contribution in [0.25, 0.3) is 17.2 Å². The largest absolute Gasteiger partial charge is 0.497 e. The lowest BCUT2D eigenvalue weighted by Crippen LogP contribution is -1.90. The van der Waals surface area contributed by atoms with Crippen LogP contribution in [0.2, 0.25) is 0 Å². The van der Waals surface area contributed by atoms with Crippen LogP contribution in [0.5, 0.6) is 5.75 Å². The van der Waals surface area contributed by atoms with Crippen LogP contribution in [0.1, 0.15) is 28.7 Å². The summed E-state index contributed by atoms with van der Waals surface area (Å²) in [6, 6.07) is 27.4. The fourth-order valence-electron chi connectivity index (χ4n) is 3.72. The maximum absolute atomic E-state index is 6.21. The Hall–Kier alpha value is -2.77. The van der Waals surface area contributed by atoms with Gasteiger partial charge in [-0.15, -0.1) is 11.6 Å². The lowest BCUT2D eigenvalue weighted by molar-refractivity contribution is 0.415. The molecule has 0 saturated heterocycles. The number of rotatable bonds is 5. The van der Waals surface area contributed by atoms with Crippen LogP contribution in [0.3, 0.4) is 0 Å². The highest BCUT2D eigenvalue weighted by Gasteiger charge is 2.26. The van der Waals surface area contributed by atoms with E-state index in [1.165, 1.54) is 33.4 Å². The van der Waals surface area contributed by atoms with Gasteiger partial charge in [-0.25, -0.2) is 0 Å². The van der Waals surface area contributed by atoms with Gasteiger partial charge in [-0.2, -0.15) is 0 Å². The summed E-state index contributed by atoms with van der Waals surface area (Å²) >= 11 is 6.21. The van der Waals surface area contributed by atoms with E-state index in [9.17, 15) is 0 Å². The second-order valence-corrected chi connectivity index (χ2v) is 6.91. The summed E-state index contributed by atoms with van der Waals surface area (Å²) < 4.78 is 5.28. The summed E-state index contributed by atoms with van der Waals surface area (Å²) in [6.07, 6.45) is 3.10. The Morgan fingerprint density at radius 2 is 1.48 bits per heavy atom. The molecule has 0 amide bonds. The first kappa shape index (κ1) is 17.6. The number of methoxy groups -OCH3 is 1. The van der Waals surface area contributed by atoms with Gasteiger partial charge in [-0.3, -0.25) is 0 Å². The number of alkyl halides is 1. The number of halogens is 1. The molecule has 0 unspecified atom stereocenters. The van der Waals surface area contributed by atoms with E-state index < -0.39 is 0 Å². The van der Waals surface area contributed by atoms with Crippen molar-refractivity contribution in [3.8, 4) is 5.75 Å². The van der Waals surface area contributed by atoms with Crippen molar-refractivity contribution in [2.45, 2.75) is 6.42 Å². The topological polar surface area (TPSA) is 9.23 Å². The highest BCUT2D eigenvalue weighted by Crippen LogP contribution is 2.46. The average Bonchev–Trinajstić information content (AvgIpc) is 3.03.